The van der Waals surface area contributed by atoms with Crippen LogP contribution in [0.1, 0.15) is 19.3 Å². The Kier molecular flexibility index (Phi) is 5.64. The normalized spacial score (nSPS) is 10.2. The predicted molar refractivity (Wildman–Crippen MR) is 67.0 cm³/mol. The Morgan fingerprint density at radius 3 is 2.81 bits per heavy atom. The molecule has 0 aliphatic rings. The molecule has 0 spiro atoms. The van der Waals surface area contributed by atoms with Gasteiger partial charge in [-0.25, -0.2) is 0 Å². The molecule has 0 unspecified atom stereocenters. The van der Waals surface area contributed by atoms with E-state index < -0.39 is 0 Å². The lowest BCUT2D eigenvalue weighted by atomic mass is 10.2. The Morgan fingerprint density at radius 1 is 1.31 bits per heavy atom. The summed E-state index contributed by atoms with van der Waals surface area (Å²) in [6.45, 7) is 1.78. The fourth-order valence-corrected chi connectivity index (χ4v) is 1.51. The third-order valence-electron chi connectivity index (χ3n) is 2.51. The van der Waals surface area contributed by atoms with Gasteiger partial charge < -0.3 is 15.4 Å². The highest BCUT2D eigenvalue weighted by Gasteiger charge is 2.03. The molecule has 1 heterocycles. The summed E-state index contributed by atoms with van der Waals surface area (Å²) in [7, 11) is 3.68. The summed E-state index contributed by atoms with van der Waals surface area (Å²) in [5.74, 6) is 1.61. The monoisotopic (exact) mass is 223 g/mol. The van der Waals surface area contributed by atoms with Gasteiger partial charge in [0, 0.05) is 19.7 Å². The van der Waals surface area contributed by atoms with Gasteiger partial charge in [0.1, 0.15) is 5.82 Å². The van der Waals surface area contributed by atoms with E-state index in [-0.39, 0.29) is 0 Å². The molecule has 0 saturated carbocycles. The van der Waals surface area contributed by atoms with E-state index in [1.807, 2.05) is 25.2 Å². The molecule has 90 valence electrons. The quantitative estimate of drug-likeness (QED) is 0.714. The molecule has 1 aromatic heterocycles. The highest BCUT2D eigenvalue weighted by Crippen LogP contribution is 2.14. The van der Waals surface area contributed by atoms with E-state index in [4.69, 9.17) is 10.5 Å². The van der Waals surface area contributed by atoms with Crippen molar-refractivity contribution in [1.82, 2.24) is 4.98 Å². The van der Waals surface area contributed by atoms with Crippen LogP contribution in [0.5, 0.6) is 5.88 Å². The highest BCUT2D eigenvalue weighted by molar-refractivity contribution is 5.39. The van der Waals surface area contributed by atoms with Crippen molar-refractivity contribution in [2.45, 2.75) is 19.3 Å². The topological polar surface area (TPSA) is 51.4 Å². The van der Waals surface area contributed by atoms with Crippen LogP contribution in [0.4, 0.5) is 5.82 Å². The molecular formula is C12H21N3O. The summed E-state index contributed by atoms with van der Waals surface area (Å²) in [6, 6.07) is 5.80. The molecule has 4 nitrogen and oxygen atoms in total. The van der Waals surface area contributed by atoms with Crippen LogP contribution < -0.4 is 15.4 Å². The first-order chi connectivity index (χ1) is 7.77. The number of rotatable bonds is 7. The van der Waals surface area contributed by atoms with Gasteiger partial charge in [0.2, 0.25) is 5.88 Å². The van der Waals surface area contributed by atoms with Gasteiger partial charge >= 0.3 is 0 Å². The number of ether oxygens (including phenoxy) is 1. The Morgan fingerprint density at radius 2 is 2.12 bits per heavy atom. The van der Waals surface area contributed by atoms with Crippen LogP contribution in [0.25, 0.3) is 0 Å². The van der Waals surface area contributed by atoms with Crippen molar-refractivity contribution in [3.05, 3.63) is 18.2 Å². The van der Waals surface area contributed by atoms with Gasteiger partial charge in [0.25, 0.3) is 0 Å². The van der Waals surface area contributed by atoms with Gasteiger partial charge in [-0.05, 0) is 25.5 Å². The van der Waals surface area contributed by atoms with Crippen LogP contribution in [0.3, 0.4) is 0 Å². The molecule has 0 amide bonds. The summed E-state index contributed by atoms with van der Waals surface area (Å²) < 4.78 is 5.09. The zero-order valence-electron chi connectivity index (χ0n) is 10.1. The highest BCUT2D eigenvalue weighted by atomic mass is 16.5. The standard InChI is InChI=1S/C12H21N3O/c1-15(10-5-3-4-9-13)11-7-6-8-12(14-11)16-2/h6-8H,3-5,9-10,13H2,1-2H3. The first-order valence-electron chi connectivity index (χ1n) is 5.70. The number of methoxy groups -OCH3 is 1. The minimum Gasteiger partial charge on any atom is -0.481 e. The van der Waals surface area contributed by atoms with E-state index in [9.17, 15) is 0 Å². The van der Waals surface area contributed by atoms with Gasteiger partial charge in [0.15, 0.2) is 0 Å². The van der Waals surface area contributed by atoms with Crippen LogP contribution in [-0.2, 0) is 0 Å². The van der Waals surface area contributed by atoms with Crippen molar-refractivity contribution >= 4 is 5.82 Å². The maximum absolute atomic E-state index is 5.45. The largest absolute Gasteiger partial charge is 0.481 e. The second-order valence-corrected chi connectivity index (χ2v) is 3.81. The second kappa shape index (κ2) is 7.06. The average Bonchev–Trinajstić information content (AvgIpc) is 2.34. The number of nitrogens with zero attached hydrogens (tertiary/aromatic N) is 2. The van der Waals surface area contributed by atoms with E-state index in [1.165, 1.54) is 6.42 Å². The fraction of sp³-hybridized carbons (Fsp3) is 0.583. The number of nitrogens with two attached hydrogens (primary N) is 1. The van der Waals surface area contributed by atoms with Gasteiger partial charge in [0.05, 0.1) is 7.11 Å². The maximum Gasteiger partial charge on any atom is 0.214 e. The third-order valence-corrected chi connectivity index (χ3v) is 2.51. The van der Waals surface area contributed by atoms with Crippen molar-refractivity contribution in [3.63, 3.8) is 0 Å². The lowest BCUT2D eigenvalue weighted by Crippen LogP contribution is -2.19. The SMILES string of the molecule is COc1cccc(N(C)CCCCCN)n1. The molecule has 4 heteroatoms. The molecule has 0 aliphatic heterocycles. The zero-order chi connectivity index (χ0) is 11.8. The smallest absolute Gasteiger partial charge is 0.214 e. The number of pyridine rings is 1. The number of hydrogen-bond acceptors (Lipinski definition) is 4. The predicted octanol–water partition coefficient (Wildman–Crippen LogP) is 1.66. The van der Waals surface area contributed by atoms with Gasteiger partial charge in [-0.3, -0.25) is 0 Å². The van der Waals surface area contributed by atoms with Crippen molar-refractivity contribution in [1.29, 1.82) is 0 Å². The Bertz CT molecular complexity index is 304. The van der Waals surface area contributed by atoms with Crippen molar-refractivity contribution < 1.29 is 4.74 Å². The van der Waals surface area contributed by atoms with E-state index in [0.717, 1.165) is 31.7 Å². The Labute approximate surface area is 97.4 Å². The number of aromatic nitrogens is 1. The molecule has 0 aliphatic carbocycles. The van der Waals surface area contributed by atoms with Crippen molar-refractivity contribution in [3.8, 4) is 5.88 Å². The molecule has 0 radical (unpaired) electrons. The van der Waals surface area contributed by atoms with E-state index in [2.05, 4.69) is 9.88 Å². The van der Waals surface area contributed by atoms with Crippen LogP contribution >= 0.6 is 0 Å². The minimum atomic E-state index is 0.659. The van der Waals surface area contributed by atoms with E-state index in [0.29, 0.717) is 5.88 Å². The molecule has 2 N–H and O–H groups in total. The summed E-state index contributed by atoms with van der Waals surface area (Å²) in [4.78, 5) is 6.51. The summed E-state index contributed by atoms with van der Waals surface area (Å²) in [6.07, 6.45) is 3.41. The summed E-state index contributed by atoms with van der Waals surface area (Å²) in [5, 5.41) is 0. The third kappa shape index (κ3) is 4.06. The van der Waals surface area contributed by atoms with Gasteiger partial charge in [-0.1, -0.05) is 12.5 Å². The molecule has 0 atom stereocenters. The van der Waals surface area contributed by atoms with Gasteiger partial charge in [-0.2, -0.15) is 4.98 Å². The lowest BCUT2D eigenvalue weighted by Gasteiger charge is -2.18. The Balaban J connectivity index is 2.42. The van der Waals surface area contributed by atoms with Crippen LogP contribution in [0.2, 0.25) is 0 Å². The fourth-order valence-electron chi connectivity index (χ4n) is 1.51. The first-order valence-corrected chi connectivity index (χ1v) is 5.70. The number of unbranched alkanes of at least 4 members (excludes halogenated alkanes) is 2. The molecule has 0 fully saturated rings. The molecule has 1 rings (SSSR count). The first kappa shape index (κ1) is 12.8. The van der Waals surface area contributed by atoms with Crippen molar-refractivity contribution in [2.75, 3.05) is 32.1 Å². The van der Waals surface area contributed by atoms with E-state index in [1.54, 1.807) is 7.11 Å². The molecular weight excluding hydrogens is 202 g/mol. The molecule has 16 heavy (non-hydrogen) atoms. The molecule has 0 aromatic carbocycles. The molecule has 0 bridgehead atoms. The average molecular weight is 223 g/mol. The zero-order valence-corrected chi connectivity index (χ0v) is 10.1. The minimum absolute atomic E-state index is 0.659. The second-order valence-electron chi connectivity index (χ2n) is 3.81. The van der Waals surface area contributed by atoms with Crippen LogP contribution in [0, 0.1) is 0 Å². The van der Waals surface area contributed by atoms with Crippen molar-refractivity contribution in [2.24, 2.45) is 5.73 Å². The van der Waals surface area contributed by atoms with Crippen LogP contribution in [0.15, 0.2) is 18.2 Å². The maximum atomic E-state index is 5.45. The summed E-state index contributed by atoms with van der Waals surface area (Å²) in [5.41, 5.74) is 5.45. The molecule has 0 saturated heterocycles. The number of hydrogen-bond donors (Lipinski definition) is 1. The Hall–Kier alpha value is -1.29. The van der Waals surface area contributed by atoms with Gasteiger partial charge in [-0.15, -0.1) is 0 Å². The van der Waals surface area contributed by atoms with Crippen LogP contribution in [-0.4, -0.2) is 32.2 Å². The molecule has 1 aromatic rings. The van der Waals surface area contributed by atoms with E-state index >= 15 is 0 Å². The lowest BCUT2D eigenvalue weighted by molar-refractivity contribution is 0.398. The number of anilines is 1. The summed E-state index contributed by atoms with van der Waals surface area (Å²) >= 11 is 0.